The second-order valence-corrected chi connectivity index (χ2v) is 8.53. The van der Waals surface area contributed by atoms with Crippen molar-refractivity contribution in [3.63, 3.8) is 0 Å². The van der Waals surface area contributed by atoms with Crippen molar-refractivity contribution < 1.29 is 9.53 Å². The highest BCUT2D eigenvalue weighted by Crippen LogP contribution is 2.42. The number of ether oxygens (including phenoxy) is 1. The van der Waals surface area contributed by atoms with Crippen LogP contribution in [0.5, 0.6) is 0 Å². The molecule has 0 radical (unpaired) electrons. The lowest BCUT2D eigenvalue weighted by Crippen LogP contribution is -2.57. The van der Waals surface area contributed by atoms with Crippen molar-refractivity contribution in [1.29, 1.82) is 0 Å². The Labute approximate surface area is 163 Å². The van der Waals surface area contributed by atoms with Crippen LogP contribution in [0.25, 0.3) is 0 Å². The second-order valence-electron chi connectivity index (χ2n) is 8.53. The van der Waals surface area contributed by atoms with Crippen LogP contribution in [-0.2, 0) is 11.2 Å². The number of hydrogen-bond donors (Lipinski definition) is 0. The molecular formula is C23H34N2O2. The molecule has 3 unspecified atom stereocenters. The molecule has 0 spiro atoms. The fourth-order valence-corrected chi connectivity index (χ4v) is 5.40. The van der Waals surface area contributed by atoms with E-state index in [4.69, 9.17) is 4.74 Å². The highest BCUT2D eigenvalue weighted by molar-refractivity contribution is 5.68. The predicted octanol–water partition coefficient (Wildman–Crippen LogP) is 4.79. The zero-order valence-electron chi connectivity index (χ0n) is 16.7. The Hall–Kier alpha value is -1.55. The molecule has 4 nitrogen and oxygen atoms in total. The molecule has 1 aromatic rings. The monoisotopic (exact) mass is 370 g/mol. The largest absolute Gasteiger partial charge is 0.449 e. The van der Waals surface area contributed by atoms with Crippen molar-refractivity contribution in [3.05, 3.63) is 35.4 Å². The molecule has 1 amide bonds. The van der Waals surface area contributed by atoms with Crippen molar-refractivity contribution in [3.8, 4) is 0 Å². The van der Waals surface area contributed by atoms with Crippen LogP contribution in [0.2, 0.25) is 0 Å². The molecule has 4 heteroatoms. The van der Waals surface area contributed by atoms with Gasteiger partial charge in [0.1, 0.15) is 0 Å². The number of nitrogens with zero attached hydrogens (tertiary/aromatic N) is 2. The van der Waals surface area contributed by atoms with Gasteiger partial charge in [-0.15, -0.1) is 0 Å². The normalized spacial score (nSPS) is 27.4. The average molecular weight is 371 g/mol. The molecule has 3 aliphatic heterocycles. The molecule has 1 aromatic carbocycles. The van der Waals surface area contributed by atoms with E-state index in [2.05, 4.69) is 41.0 Å². The minimum absolute atomic E-state index is 0.0706. The van der Waals surface area contributed by atoms with E-state index in [-0.39, 0.29) is 6.09 Å². The van der Waals surface area contributed by atoms with Gasteiger partial charge in [0.25, 0.3) is 0 Å². The summed E-state index contributed by atoms with van der Waals surface area (Å²) in [6, 6.07) is 9.71. The predicted molar refractivity (Wildman–Crippen MR) is 108 cm³/mol. The second kappa shape index (κ2) is 8.64. The summed E-state index contributed by atoms with van der Waals surface area (Å²) in [5, 5.41) is 0. The van der Waals surface area contributed by atoms with Crippen molar-refractivity contribution in [2.45, 2.75) is 70.4 Å². The summed E-state index contributed by atoms with van der Waals surface area (Å²) in [6.07, 6.45) is 9.09. The molecular weight excluding hydrogens is 336 g/mol. The Balaban J connectivity index is 1.42. The van der Waals surface area contributed by atoms with E-state index in [1.54, 1.807) is 0 Å². The third-order valence-corrected chi connectivity index (χ3v) is 6.83. The number of piperidine rings is 2. The first-order chi connectivity index (χ1) is 13.3. The maximum atomic E-state index is 12.8. The van der Waals surface area contributed by atoms with E-state index in [0.29, 0.717) is 24.6 Å². The number of hydrogen-bond acceptors (Lipinski definition) is 3. The van der Waals surface area contributed by atoms with E-state index in [0.717, 1.165) is 51.7 Å². The topological polar surface area (TPSA) is 32.8 Å². The summed E-state index contributed by atoms with van der Waals surface area (Å²) in [6.45, 7) is 5.93. The Kier molecular flexibility index (Phi) is 6.01. The molecule has 0 saturated carbocycles. The fraction of sp³-hybridized carbons (Fsp3) is 0.696. The number of amides is 1. The van der Waals surface area contributed by atoms with Crippen LogP contribution in [0, 0.1) is 5.92 Å². The molecule has 148 valence electrons. The standard InChI is InChI=1S/C23H34N2O2/c1-2-3-4-7-15-27-23(26)25-13-8-10-19-17-24-14-12-18-9-5-6-11-20(18)22(24)16-21(19)25/h5-6,9,11,19,21-22H,2-4,7-8,10,12-17H2,1H3. The molecule has 0 N–H and O–H groups in total. The summed E-state index contributed by atoms with van der Waals surface area (Å²) in [5.41, 5.74) is 2.98. The van der Waals surface area contributed by atoms with E-state index < -0.39 is 0 Å². The first-order valence-electron chi connectivity index (χ1n) is 11.0. The highest BCUT2D eigenvalue weighted by Gasteiger charge is 2.44. The summed E-state index contributed by atoms with van der Waals surface area (Å²) in [4.78, 5) is 17.5. The molecule has 3 aliphatic rings. The number of likely N-dealkylation sites (tertiary alicyclic amines) is 1. The Bertz CT molecular complexity index is 647. The quantitative estimate of drug-likeness (QED) is 0.699. The summed E-state index contributed by atoms with van der Waals surface area (Å²) < 4.78 is 5.66. The van der Waals surface area contributed by atoms with Gasteiger partial charge in [0.05, 0.1) is 6.61 Å². The molecule has 4 rings (SSSR count). The molecule has 0 aliphatic carbocycles. The van der Waals surface area contributed by atoms with Crippen LogP contribution < -0.4 is 0 Å². The van der Waals surface area contributed by atoms with Crippen LogP contribution in [-0.4, -0.2) is 48.2 Å². The zero-order chi connectivity index (χ0) is 18.6. The number of rotatable bonds is 5. The third-order valence-electron chi connectivity index (χ3n) is 6.83. The minimum atomic E-state index is -0.0706. The average Bonchev–Trinajstić information content (AvgIpc) is 2.71. The molecule has 3 heterocycles. The highest BCUT2D eigenvalue weighted by atomic mass is 16.6. The maximum absolute atomic E-state index is 12.8. The first-order valence-corrected chi connectivity index (χ1v) is 11.0. The van der Waals surface area contributed by atoms with E-state index in [9.17, 15) is 4.79 Å². The van der Waals surface area contributed by atoms with E-state index in [1.165, 1.54) is 30.4 Å². The molecule has 3 atom stereocenters. The molecule has 0 bridgehead atoms. The molecule has 27 heavy (non-hydrogen) atoms. The van der Waals surface area contributed by atoms with Crippen LogP contribution in [0.15, 0.2) is 24.3 Å². The zero-order valence-corrected chi connectivity index (χ0v) is 16.7. The lowest BCUT2D eigenvalue weighted by atomic mass is 9.77. The van der Waals surface area contributed by atoms with Gasteiger partial charge < -0.3 is 9.64 Å². The van der Waals surface area contributed by atoms with Crippen molar-refractivity contribution in [2.24, 2.45) is 5.92 Å². The van der Waals surface area contributed by atoms with Gasteiger partial charge in [-0.3, -0.25) is 4.90 Å². The van der Waals surface area contributed by atoms with Gasteiger partial charge in [-0.1, -0.05) is 50.5 Å². The van der Waals surface area contributed by atoms with Crippen LogP contribution in [0.3, 0.4) is 0 Å². The lowest BCUT2D eigenvalue weighted by Gasteiger charge is -2.51. The van der Waals surface area contributed by atoms with Gasteiger partial charge >= 0.3 is 6.09 Å². The van der Waals surface area contributed by atoms with Crippen LogP contribution in [0.4, 0.5) is 4.79 Å². The molecule has 0 aromatic heterocycles. The number of benzene rings is 1. The Morgan fingerprint density at radius 3 is 2.96 bits per heavy atom. The van der Waals surface area contributed by atoms with Crippen molar-refractivity contribution in [1.82, 2.24) is 9.80 Å². The van der Waals surface area contributed by atoms with Crippen molar-refractivity contribution in [2.75, 3.05) is 26.2 Å². The lowest BCUT2D eigenvalue weighted by molar-refractivity contribution is -0.0125. The Morgan fingerprint density at radius 2 is 2.07 bits per heavy atom. The molecule has 2 saturated heterocycles. The van der Waals surface area contributed by atoms with Gasteiger partial charge in [0.2, 0.25) is 0 Å². The van der Waals surface area contributed by atoms with Gasteiger partial charge in [0.15, 0.2) is 0 Å². The summed E-state index contributed by atoms with van der Waals surface area (Å²) in [5.74, 6) is 0.605. The van der Waals surface area contributed by atoms with Crippen molar-refractivity contribution >= 4 is 6.09 Å². The van der Waals surface area contributed by atoms with E-state index >= 15 is 0 Å². The van der Waals surface area contributed by atoms with Crippen LogP contribution in [0.1, 0.15) is 69.0 Å². The number of carbonyl (C=O) groups excluding carboxylic acids is 1. The third kappa shape index (κ3) is 4.01. The SMILES string of the molecule is CCCCCCOC(=O)N1CCCC2CN3CCc4ccccc4C3CC21. The van der Waals surface area contributed by atoms with Gasteiger partial charge in [0, 0.05) is 31.7 Å². The molecule has 2 fully saturated rings. The summed E-state index contributed by atoms with van der Waals surface area (Å²) >= 11 is 0. The Morgan fingerprint density at radius 1 is 1.19 bits per heavy atom. The summed E-state index contributed by atoms with van der Waals surface area (Å²) in [7, 11) is 0. The number of fused-ring (bicyclic) bond motifs is 4. The maximum Gasteiger partial charge on any atom is 0.410 e. The van der Waals surface area contributed by atoms with E-state index in [1.807, 2.05) is 0 Å². The number of carbonyl (C=O) groups is 1. The number of unbranched alkanes of at least 4 members (excludes halogenated alkanes) is 3. The van der Waals surface area contributed by atoms with Gasteiger partial charge in [-0.25, -0.2) is 4.79 Å². The van der Waals surface area contributed by atoms with Gasteiger partial charge in [-0.05, 0) is 49.1 Å². The minimum Gasteiger partial charge on any atom is -0.449 e. The van der Waals surface area contributed by atoms with Gasteiger partial charge in [-0.2, -0.15) is 0 Å². The fourth-order valence-electron chi connectivity index (χ4n) is 5.40. The van der Waals surface area contributed by atoms with Crippen LogP contribution >= 0.6 is 0 Å². The first kappa shape index (κ1) is 18.8. The smallest absolute Gasteiger partial charge is 0.410 e.